The van der Waals surface area contributed by atoms with Crippen molar-refractivity contribution in [1.82, 2.24) is 9.88 Å². The van der Waals surface area contributed by atoms with E-state index >= 15 is 0 Å². The third-order valence-corrected chi connectivity index (χ3v) is 6.57. The van der Waals surface area contributed by atoms with E-state index in [9.17, 15) is 44.3 Å². The Morgan fingerprint density at radius 1 is 1.03 bits per heavy atom. The fourth-order valence-corrected chi connectivity index (χ4v) is 4.04. The van der Waals surface area contributed by atoms with Gasteiger partial charge >= 0.3 is 11.7 Å². The molecule has 0 aliphatic carbocycles. The van der Waals surface area contributed by atoms with Crippen LogP contribution in [0.15, 0.2) is 36.5 Å². The summed E-state index contributed by atoms with van der Waals surface area (Å²) in [6.45, 7) is -0.0234. The molecule has 0 bridgehead atoms. The van der Waals surface area contributed by atoms with E-state index in [1.54, 1.807) is 6.07 Å². The molecule has 6 nitrogen and oxygen atoms in total. The maximum absolute atomic E-state index is 12.8. The smallest absolute Gasteiger partial charge is 0.338 e. The standard InChI is InChI=1S/C20H16F6N2O4S/c21-19(22,23)13-4-5-16(27-10-13)18(30)15-3-1-2-12-11-28(8-6-14(12)15)17(29)7-9-33(31,32)20(24,25)26/h1-5,10H,6-9,11H2. The molecule has 0 unspecified atom stereocenters. The van der Waals surface area contributed by atoms with E-state index in [1.807, 2.05) is 0 Å². The van der Waals surface area contributed by atoms with Crippen molar-refractivity contribution < 1.29 is 44.3 Å². The largest absolute Gasteiger partial charge is 0.497 e. The maximum atomic E-state index is 12.8. The van der Waals surface area contributed by atoms with Crippen molar-refractivity contribution in [3.8, 4) is 0 Å². The van der Waals surface area contributed by atoms with Crippen molar-refractivity contribution in [2.45, 2.75) is 31.1 Å². The second kappa shape index (κ2) is 8.76. The molecule has 1 aliphatic heterocycles. The highest BCUT2D eigenvalue weighted by atomic mass is 32.2. The van der Waals surface area contributed by atoms with Crippen LogP contribution in [0, 0.1) is 0 Å². The van der Waals surface area contributed by atoms with Crippen molar-refractivity contribution in [2.24, 2.45) is 0 Å². The highest BCUT2D eigenvalue weighted by molar-refractivity contribution is 7.92. The molecule has 3 rings (SSSR count). The van der Waals surface area contributed by atoms with Gasteiger partial charge in [-0.3, -0.25) is 14.6 Å². The lowest BCUT2D eigenvalue weighted by molar-refractivity contribution is -0.138. The molecule has 0 N–H and O–H groups in total. The van der Waals surface area contributed by atoms with Gasteiger partial charge in [-0.25, -0.2) is 8.42 Å². The number of benzene rings is 1. The molecule has 0 fully saturated rings. The summed E-state index contributed by atoms with van der Waals surface area (Å²) in [5, 5.41) is 0. The SMILES string of the molecule is O=C(c1ccc(C(F)(F)F)cn1)c1cccc2c1CCN(C(=O)CCS(=O)(=O)C(F)(F)F)C2. The summed E-state index contributed by atoms with van der Waals surface area (Å²) in [6.07, 6.45) is -4.74. The van der Waals surface area contributed by atoms with Gasteiger partial charge in [0.25, 0.3) is 0 Å². The lowest BCUT2D eigenvalue weighted by Gasteiger charge is -2.30. The van der Waals surface area contributed by atoms with Crippen LogP contribution in [-0.4, -0.2) is 47.8 Å². The number of pyridine rings is 1. The highest BCUT2D eigenvalue weighted by Gasteiger charge is 2.45. The average Bonchev–Trinajstić information content (AvgIpc) is 2.75. The van der Waals surface area contributed by atoms with Gasteiger partial charge in [0.1, 0.15) is 5.69 Å². The molecule has 13 heteroatoms. The zero-order chi connectivity index (χ0) is 24.6. The molecule has 1 amide bonds. The fraction of sp³-hybridized carbons (Fsp3) is 0.350. The Balaban J connectivity index is 1.75. The molecule has 1 aromatic carbocycles. The van der Waals surface area contributed by atoms with Crippen LogP contribution in [0.1, 0.15) is 39.2 Å². The Bertz CT molecular complexity index is 1170. The van der Waals surface area contributed by atoms with Gasteiger partial charge in [0, 0.05) is 31.3 Å². The fourth-order valence-electron chi connectivity index (χ4n) is 3.36. The molecule has 2 aromatic rings. The first-order valence-electron chi connectivity index (χ1n) is 9.46. The number of amides is 1. The van der Waals surface area contributed by atoms with Gasteiger partial charge in [0.05, 0.1) is 11.3 Å². The molecule has 0 spiro atoms. The molecule has 2 heterocycles. The molecule has 178 valence electrons. The van der Waals surface area contributed by atoms with Gasteiger partial charge in [0.2, 0.25) is 21.5 Å². The number of alkyl halides is 6. The summed E-state index contributed by atoms with van der Waals surface area (Å²) in [4.78, 5) is 29.9. The van der Waals surface area contributed by atoms with Gasteiger partial charge in [-0.1, -0.05) is 18.2 Å². The Hall–Kier alpha value is -2.96. The van der Waals surface area contributed by atoms with Crippen LogP contribution in [0.2, 0.25) is 0 Å². The monoisotopic (exact) mass is 494 g/mol. The molecule has 0 saturated carbocycles. The Morgan fingerprint density at radius 2 is 1.73 bits per heavy atom. The van der Waals surface area contributed by atoms with E-state index in [2.05, 4.69) is 4.98 Å². The number of ketones is 1. The molecule has 0 atom stereocenters. The summed E-state index contributed by atoms with van der Waals surface area (Å²) >= 11 is 0. The van der Waals surface area contributed by atoms with Gasteiger partial charge in [-0.05, 0) is 29.7 Å². The molecule has 0 saturated heterocycles. The number of sulfone groups is 1. The summed E-state index contributed by atoms with van der Waals surface area (Å²) in [5.74, 6) is -2.76. The van der Waals surface area contributed by atoms with Gasteiger partial charge in [0.15, 0.2) is 0 Å². The number of carbonyl (C=O) groups is 2. The second-order valence-corrected chi connectivity index (χ2v) is 9.38. The zero-order valence-corrected chi connectivity index (χ0v) is 17.5. The first kappa shape index (κ1) is 24.7. The van der Waals surface area contributed by atoms with E-state index in [1.165, 1.54) is 17.0 Å². The van der Waals surface area contributed by atoms with Crippen molar-refractivity contribution in [2.75, 3.05) is 12.3 Å². The van der Waals surface area contributed by atoms with E-state index in [0.717, 1.165) is 12.1 Å². The number of aromatic nitrogens is 1. The Labute approximate surface area is 184 Å². The summed E-state index contributed by atoms with van der Waals surface area (Å²) < 4.78 is 97.8. The third kappa shape index (κ3) is 5.34. The predicted octanol–water partition coefficient (Wildman–Crippen LogP) is 3.54. The number of halogens is 6. The Morgan fingerprint density at radius 3 is 2.30 bits per heavy atom. The summed E-state index contributed by atoms with van der Waals surface area (Å²) in [6, 6.07) is 6.26. The topological polar surface area (TPSA) is 84.4 Å². The van der Waals surface area contributed by atoms with Crippen molar-refractivity contribution in [1.29, 1.82) is 0 Å². The molecule has 1 aliphatic rings. The predicted molar refractivity (Wildman–Crippen MR) is 103 cm³/mol. The van der Waals surface area contributed by atoms with E-state index < -0.39 is 50.9 Å². The second-order valence-electron chi connectivity index (χ2n) is 7.28. The van der Waals surface area contributed by atoms with Crippen molar-refractivity contribution in [3.63, 3.8) is 0 Å². The lowest BCUT2D eigenvalue weighted by Crippen LogP contribution is -2.38. The maximum Gasteiger partial charge on any atom is 0.497 e. The van der Waals surface area contributed by atoms with Crippen LogP contribution in [0.25, 0.3) is 0 Å². The molecular formula is C20H16F6N2O4S. The van der Waals surface area contributed by atoms with Crippen LogP contribution in [0.4, 0.5) is 26.3 Å². The quantitative estimate of drug-likeness (QED) is 0.469. The minimum absolute atomic E-state index is 0.0304. The average molecular weight is 494 g/mol. The molecule has 33 heavy (non-hydrogen) atoms. The molecule has 1 aromatic heterocycles. The van der Waals surface area contributed by atoms with E-state index in [0.29, 0.717) is 17.3 Å². The van der Waals surface area contributed by atoms with E-state index in [4.69, 9.17) is 0 Å². The van der Waals surface area contributed by atoms with Gasteiger partial charge in [-0.2, -0.15) is 26.3 Å². The first-order chi connectivity index (χ1) is 15.2. The summed E-state index contributed by atoms with van der Waals surface area (Å²) in [7, 11) is -5.42. The summed E-state index contributed by atoms with van der Waals surface area (Å²) in [5.41, 5.74) is -5.40. The van der Waals surface area contributed by atoms with Crippen LogP contribution in [0.3, 0.4) is 0 Å². The lowest BCUT2D eigenvalue weighted by atomic mass is 9.91. The molecular weight excluding hydrogens is 478 g/mol. The Kier molecular flexibility index (Phi) is 6.55. The van der Waals surface area contributed by atoms with Crippen LogP contribution >= 0.6 is 0 Å². The number of carbonyl (C=O) groups excluding carboxylic acids is 2. The number of hydrogen-bond donors (Lipinski definition) is 0. The highest BCUT2D eigenvalue weighted by Crippen LogP contribution is 2.30. The minimum Gasteiger partial charge on any atom is -0.338 e. The number of nitrogens with zero attached hydrogens (tertiary/aromatic N) is 2. The van der Waals surface area contributed by atoms with Crippen LogP contribution in [-0.2, 0) is 33.8 Å². The van der Waals surface area contributed by atoms with Gasteiger partial charge < -0.3 is 4.90 Å². The normalized spacial score (nSPS) is 14.7. The first-order valence-corrected chi connectivity index (χ1v) is 11.1. The number of hydrogen-bond acceptors (Lipinski definition) is 5. The number of fused-ring (bicyclic) bond motifs is 1. The zero-order valence-electron chi connectivity index (χ0n) is 16.7. The van der Waals surface area contributed by atoms with Gasteiger partial charge in [-0.15, -0.1) is 0 Å². The number of rotatable bonds is 5. The van der Waals surface area contributed by atoms with Crippen molar-refractivity contribution in [3.05, 3.63) is 64.5 Å². The third-order valence-electron chi connectivity index (χ3n) is 5.12. The molecule has 0 radical (unpaired) electrons. The van der Waals surface area contributed by atoms with Crippen LogP contribution < -0.4 is 0 Å². The van der Waals surface area contributed by atoms with Crippen LogP contribution in [0.5, 0.6) is 0 Å². The van der Waals surface area contributed by atoms with E-state index in [-0.39, 0.29) is 30.8 Å². The minimum atomic E-state index is -5.44. The van der Waals surface area contributed by atoms with Crippen molar-refractivity contribution >= 4 is 21.5 Å².